The molecule has 0 fully saturated rings. The molecule has 10 nitrogen and oxygen atoms in total. The summed E-state index contributed by atoms with van der Waals surface area (Å²) in [7, 11) is -1.70. The van der Waals surface area contributed by atoms with Gasteiger partial charge in [-0.3, -0.25) is 18.7 Å². The van der Waals surface area contributed by atoms with Crippen LogP contribution in [0.2, 0.25) is 0 Å². The van der Waals surface area contributed by atoms with Crippen LogP contribution in [0.25, 0.3) is 11.4 Å². The highest BCUT2D eigenvalue weighted by molar-refractivity contribution is 7.91. The minimum Gasteiger partial charge on any atom is -0.494 e. The number of para-hydroxylation sites is 1. The number of aryl methyl sites for hydroxylation is 1. The molecule has 198 valence electrons. The average Bonchev–Trinajstić information content (AvgIpc) is 2.91. The Hall–Kier alpha value is -4.38. The van der Waals surface area contributed by atoms with E-state index in [0.29, 0.717) is 18.5 Å². The minimum atomic E-state index is -4.53. The molecule has 0 unspecified atom stereocenters. The summed E-state index contributed by atoms with van der Waals surface area (Å²) in [6.07, 6.45) is 3.25. The quantitative estimate of drug-likeness (QED) is 0.344. The van der Waals surface area contributed by atoms with Crippen molar-refractivity contribution >= 4 is 9.84 Å². The molecule has 0 spiro atoms. The highest BCUT2D eigenvalue weighted by Gasteiger charge is 2.31. The third kappa shape index (κ3) is 4.80. The molecule has 2 aromatic heterocycles. The fraction of sp³-hybridized carbons (Fsp3) is 0.222. The van der Waals surface area contributed by atoms with E-state index in [1.165, 1.54) is 49.1 Å². The SMILES string of the molecule is CCCCc1nc(O)c(S(=O)(=O)c2ccc(-n3ccccc3=O)cc2)c(=O)n1-c1c(OC)cccc1OC. The lowest BCUT2D eigenvalue weighted by Gasteiger charge is -2.19. The van der Waals surface area contributed by atoms with Gasteiger partial charge < -0.3 is 14.6 Å². The van der Waals surface area contributed by atoms with E-state index in [4.69, 9.17) is 9.47 Å². The van der Waals surface area contributed by atoms with Crippen molar-refractivity contribution in [2.75, 3.05) is 14.2 Å². The van der Waals surface area contributed by atoms with Gasteiger partial charge >= 0.3 is 0 Å². The monoisotopic (exact) mass is 537 g/mol. The van der Waals surface area contributed by atoms with Gasteiger partial charge in [-0.2, -0.15) is 4.98 Å². The maximum absolute atomic E-state index is 13.9. The number of benzene rings is 2. The Bertz CT molecular complexity index is 1670. The van der Waals surface area contributed by atoms with Gasteiger partial charge in [0.1, 0.15) is 23.0 Å². The lowest BCUT2D eigenvalue weighted by Crippen LogP contribution is -2.30. The second-order valence-corrected chi connectivity index (χ2v) is 10.2. The molecule has 0 aliphatic carbocycles. The first-order chi connectivity index (χ1) is 18.2. The van der Waals surface area contributed by atoms with Gasteiger partial charge in [-0.15, -0.1) is 0 Å². The van der Waals surface area contributed by atoms with Gasteiger partial charge in [-0.25, -0.2) is 8.42 Å². The third-order valence-electron chi connectivity index (χ3n) is 5.99. The minimum absolute atomic E-state index is 0.162. The zero-order valence-corrected chi connectivity index (χ0v) is 21.9. The number of sulfone groups is 1. The third-order valence-corrected chi connectivity index (χ3v) is 7.78. The van der Waals surface area contributed by atoms with E-state index in [9.17, 15) is 23.1 Å². The molecule has 0 aliphatic rings. The van der Waals surface area contributed by atoms with Gasteiger partial charge in [0.15, 0.2) is 4.90 Å². The number of rotatable bonds is 9. The van der Waals surface area contributed by atoms with Crippen molar-refractivity contribution in [1.82, 2.24) is 14.1 Å². The van der Waals surface area contributed by atoms with Crippen molar-refractivity contribution in [2.24, 2.45) is 0 Å². The molecule has 0 amide bonds. The lowest BCUT2D eigenvalue weighted by atomic mass is 10.2. The highest BCUT2D eigenvalue weighted by atomic mass is 32.2. The smallest absolute Gasteiger partial charge is 0.281 e. The highest BCUT2D eigenvalue weighted by Crippen LogP contribution is 2.34. The summed E-state index contributed by atoms with van der Waals surface area (Å²) in [6, 6.07) is 14.9. The van der Waals surface area contributed by atoms with Crippen molar-refractivity contribution in [3.63, 3.8) is 0 Å². The summed E-state index contributed by atoms with van der Waals surface area (Å²) in [5.74, 6) is -0.208. The Kier molecular flexibility index (Phi) is 7.67. The lowest BCUT2D eigenvalue weighted by molar-refractivity contribution is 0.386. The van der Waals surface area contributed by atoms with E-state index >= 15 is 0 Å². The summed E-state index contributed by atoms with van der Waals surface area (Å²) in [4.78, 5) is 29.0. The second kappa shape index (κ2) is 10.9. The largest absolute Gasteiger partial charge is 0.494 e. The molecular weight excluding hydrogens is 510 g/mol. The number of methoxy groups -OCH3 is 2. The number of hydrogen-bond acceptors (Lipinski definition) is 8. The molecule has 0 bridgehead atoms. The molecule has 4 aromatic rings. The van der Waals surface area contributed by atoms with Crippen LogP contribution < -0.4 is 20.6 Å². The molecule has 0 radical (unpaired) electrons. The number of nitrogens with zero attached hydrogens (tertiary/aromatic N) is 3. The molecule has 11 heteroatoms. The molecular formula is C27H27N3O7S. The van der Waals surface area contributed by atoms with Crippen LogP contribution >= 0.6 is 0 Å². The number of unbranched alkanes of at least 4 members (excludes halogenated alkanes) is 1. The Morgan fingerprint density at radius 2 is 1.58 bits per heavy atom. The maximum Gasteiger partial charge on any atom is 0.281 e. The summed E-state index contributed by atoms with van der Waals surface area (Å²) in [5.41, 5.74) is -0.671. The van der Waals surface area contributed by atoms with Crippen LogP contribution in [0, 0.1) is 0 Å². The first kappa shape index (κ1) is 26.7. The van der Waals surface area contributed by atoms with Crippen molar-refractivity contribution < 1.29 is 23.0 Å². The molecule has 0 atom stereocenters. The van der Waals surface area contributed by atoms with Gasteiger partial charge in [0.25, 0.3) is 11.1 Å². The molecule has 2 aromatic carbocycles. The summed E-state index contributed by atoms with van der Waals surface area (Å²) < 4.78 is 40.7. The van der Waals surface area contributed by atoms with E-state index in [1.807, 2.05) is 6.92 Å². The zero-order chi connectivity index (χ0) is 27.4. The van der Waals surface area contributed by atoms with Gasteiger partial charge in [-0.1, -0.05) is 25.5 Å². The van der Waals surface area contributed by atoms with Gasteiger partial charge in [0.2, 0.25) is 15.7 Å². The molecule has 38 heavy (non-hydrogen) atoms. The van der Waals surface area contributed by atoms with E-state index in [1.54, 1.807) is 36.5 Å². The average molecular weight is 538 g/mol. The van der Waals surface area contributed by atoms with Crippen molar-refractivity contribution in [3.05, 3.63) is 93.4 Å². The fourth-order valence-electron chi connectivity index (χ4n) is 4.10. The van der Waals surface area contributed by atoms with Crippen LogP contribution in [-0.4, -0.2) is 41.9 Å². The van der Waals surface area contributed by atoms with E-state index in [-0.39, 0.29) is 33.5 Å². The van der Waals surface area contributed by atoms with E-state index in [2.05, 4.69) is 4.98 Å². The van der Waals surface area contributed by atoms with Crippen LogP contribution in [0.4, 0.5) is 0 Å². The van der Waals surface area contributed by atoms with Crippen molar-refractivity contribution in [3.8, 4) is 28.8 Å². The first-order valence-electron chi connectivity index (χ1n) is 11.8. The number of aromatic nitrogens is 3. The Labute approximate surface area is 219 Å². The standard InChI is InChI=1S/C27H27N3O7S/c1-4-5-11-22-28-26(32)25(27(33)30(22)24-20(36-2)9-8-10-21(24)37-3)38(34,35)19-15-13-18(14-16-19)29-17-7-6-12-23(29)31/h6-10,12-17,32H,4-5,11H2,1-3H3. The van der Waals surface area contributed by atoms with Gasteiger partial charge in [-0.05, 0) is 48.9 Å². The number of ether oxygens (including phenoxy) is 2. The summed E-state index contributed by atoms with van der Waals surface area (Å²) in [6.45, 7) is 1.96. The fourth-order valence-corrected chi connectivity index (χ4v) is 5.44. The zero-order valence-electron chi connectivity index (χ0n) is 21.1. The van der Waals surface area contributed by atoms with Gasteiger partial charge in [0, 0.05) is 24.4 Å². The van der Waals surface area contributed by atoms with E-state index in [0.717, 1.165) is 11.0 Å². The van der Waals surface area contributed by atoms with Crippen LogP contribution in [0.1, 0.15) is 25.6 Å². The number of hydrogen-bond donors (Lipinski definition) is 1. The summed E-state index contributed by atoms with van der Waals surface area (Å²) in [5, 5.41) is 10.8. The van der Waals surface area contributed by atoms with E-state index < -0.39 is 26.2 Å². The molecule has 0 aliphatic heterocycles. The maximum atomic E-state index is 13.9. The van der Waals surface area contributed by atoms with Crippen molar-refractivity contribution in [2.45, 2.75) is 36.0 Å². The molecule has 0 saturated heterocycles. The summed E-state index contributed by atoms with van der Waals surface area (Å²) >= 11 is 0. The number of pyridine rings is 1. The van der Waals surface area contributed by atoms with Crippen molar-refractivity contribution in [1.29, 1.82) is 0 Å². The van der Waals surface area contributed by atoms with Gasteiger partial charge in [0.05, 0.1) is 19.1 Å². The second-order valence-electron chi connectivity index (χ2n) is 8.34. The predicted octanol–water partition coefficient (Wildman–Crippen LogP) is 3.28. The Morgan fingerprint density at radius 3 is 2.16 bits per heavy atom. The topological polar surface area (TPSA) is 130 Å². The van der Waals surface area contributed by atoms with Crippen LogP contribution in [-0.2, 0) is 16.3 Å². The normalized spacial score (nSPS) is 11.3. The first-order valence-corrected chi connectivity index (χ1v) is 13.3. The van der Waals surface area contributed by atoms with Crippen LogP contribution in [0.5, 0.6) is 17.4 Å². The molecule has 4 rings (SSSR count). The Balaban J connectivity index is 1.94. The van der Waals surface area contributed by atoms with Crippen LogP contribution in [0.3, 0.4) is 0 Å². The number of aromatic hydroxyl groups is 1. The predicted molar refractivity (Wildman–Crippen MR) is 141 cm³/mol. The molecule has 2 heterocycles. The Morgan fingerprint density at radius 1 is 0.921 bits per heavy atom. The molecule has 0 saturated carbocycles. The molecule has 1 N–H and O–H groups in total. The van der Waals surface area contributed by atoms with Crippen LogP contribution in [0.15, 0.2) is 86.2 Å².